The van der Waals surface area contributed by atoms with Crippen LogP contribution in [0.3, 0.4) is 0 Å². The number of nitrogens with zero attached hydrogens (tertiary/aromatic N) is 2. The average Bonchev–Trinajstić information content (AvgIpc) is 2.78. The summed E-state index contributed by atoms with van der Waals surface area (Å²) in [5, 5.41) is 6.86. The number of amides is 1. The molecule has 0 fully saturated rings. The first kappa shape index (κ1) is 12.6. The van der Waals surface area contributed by atoms with Gasteiger partial charge in [-0.15, -0.1) is 0 Å². The molecule has 1 atom stereocenters. The van der Waals surface area contributed by atoms with Crippen LogP contribution in [0.1, 0.15) is 13.0 Å². The predicted molar refractivity (Wildman–Crippen MR) is 74.1 cm³/mol. The molecule has 0 spiro atoms. The predicted octanol–water partition coefficient (Wildman–Crippen LogP) is 2.43. The number of carbonyl (C=O) groups excluding carboxylic acids is 1. The van der Waals surface area contributed by atoms with Crippen LogP contribution in [0.2, 0.25) is 0 Å². The normalized spacial score (nSPS) is 12.1. The number of hydrogen-bond acceptors (Lipinski definition) is 3. The molecule has 2 rings (SSSR count). The minimum absolute atomic E-state index is 0.163. The molecule has 3 N–H and O–H groups in total. The molecule has 0 saturated heterocycles. The molecule has 0 saturated carbocycles. The van der Waals surface area contributed by atoms with E-state index in [-0.39, 0.29) is 5.91 Å². The third kappa shape index (κ3) is 2.70. The summed E-state index contributed by atoms with van der Waals surface area (Å²) >= 11 is 3.29. The van der Waals surface area contributed by atoms with Crippen molar-refractivity contribution in [2.24, 2.45) is 0 Å². The number of halogens is 1. The van der Waals surface area contributed by atoms with Gasteiger partial charge in [-0.2, -0.15) is 5.10 Å². The van der Waals surface area contributed by atoms with E-state index in [0.29, 0.717) is 11.4 Å². The van der Waals surface area contributed by atoms with Crippen LogP contribution in [-0.2, 0) is 4.79 Å². The number of rotatable bonds is 3. The molecule has 94 valence electrons. The molecule has 0 radical (unpaired) electrons. The molecule has 1 unspecified atom stereocenters. The van der Waals surface area contributed by atoms with Gasteiger partial charge >= 0.3 is 0 Å². The van der Waals surface area contributed by atoms with E-state index >= 15 is 0 Å². The number of anilines is 2. The van der Waals surface area contributed by atoms with Gasteiger partial charge in [-0.3, -0.25) is 9.48 Å². The van der Waals surface area contributed by atoms with E-state index in [2.05, 4.69) is 26.3 Å². The molecule has 1 aromatic carbocycles. The summed E-state index contributed by atoms with van der Waals surface area (Å²) in [5.74, 6) is -0.163. The summed E-state index contributed by atoms with van der Waals surface area (Å²) in [7, 11) is 0. The molecule has 1 heterocycles. The fourth-order valence-corrected chi connectivity index (χ4v) is 1.80. The molecule has 1 aromatic heterocycles. The second kappa shape index (κ2) is 5.22. The first-order valence-corrected chi connectivity index (χ1v) is 6.22. The maximum absolute atomic E-state index is 12.0. The minimum atomic E-state index is -0.407. The Labute approximate surface area is 113 Å². The lowest BCUT2D eigenvalue weighted by Crippen LogP contribution is -2.24. The summed E-state index contributed by atoms with van der Waals surface area (Å²) < 4.78 is 2.42. The number of nitrogens with two attached hydrogens (primary N) is 1. The second-order valence-electron chi connectivity index (χ2n) is 3.89. The molecule has 2 aromatic rings. The fourth-order valence-electron chi connectivity index (χ4n) is 1.49. The van der Waals surface area contributed by atoms with E-state index in [1.54, 1.807) is 36.1 Å². The van der Waals surface area contributed by atoms with Gasteiger partial charge in [0.05, 0.1) is 22.0 Å². The summed E-state index contributed by atoms with van der Waals surface area (Å²) in [6.07, 6.45) is 3.39. The smallest absolute Gasteiger partial charge is 0.249 e. The lowest BCUT2D eigenvalue weighted by molar-refractivity contribution is -0.119. The van der Waals surface area contributed by atoms with E-state index in [9.17, 15) is 4.79 Å². The number of aromatic nitrogens is 2. The summed E-state index contributed by atoms with van der Waals surface area (Å²) in [4.78, 5) is 12.0. The van der Waals surface area contributed by atoms with Crippen LogP contribution >= 0.6 is 15.9 Å². The molecule has 0 aliphatic heterocycles. The third-order valence-electron chi connectivity index (χ3n) is 2.56. The highest BCUT2D eigenvalue weighted by atomic mass is 79.9. The van der Waals surface area contributed by atoms with Crippen molar-refractivity contribution >= 4 is 33.2 Å². The fraction of sp³-hybridized carbons (Fsp3) is 0.167. The molecule has 6 heteroatoms. The number of nitrogen functional groups attached to an aromatic ring is 1. The first-order chi connectivity index (χ1) is 8.58. The monoisotopic (exact) mass is 308 g/mol. The van der Waals surface area contributed by atoms with Gasteiger partial charge in [0.15, 0.2) is 0 Å². The van der Waals surface area contributed by atoms with E-state index < -0.39 is 6.04 Å². The lowest BCUT2D eigenvalue weighted by atomic mass is 10.2. The molecule has 5 nitrogen and oxygen atoms in total. The van der Waals surface area contributed by atoms with Crippen LogP contribution in [0.25, 0.3) is 0 Å². The zero-order chi connectivity index (χ0) is 13.1. The zero-order valence-electron chi connectivity index (χ0n) is 9.80. The topological polar surface area (TPSA) is 72.9 Å². The van der Waals surface area contributed by atoms with Gasteiger partial charge in [0.25, 0.3) is 0 Å². The van der Waals surface area contributed by atoms with Gasteiger partial charge in [-0.05, 0) is 35.0 Å². The second-order valence-corrected chi connectivity index (χ2v) is 4.81. The molecular formula is C12H13BrN4O. The zero-order valence-corrected chi connectivity index (χ0v) is 11.4. The third-order valence-corrected chi connectivity index (χ3v) is 2.97. The molecular weight excluding hydrogens is 296 g/mol. The average molecular weight is 309 g/mol. The number of hydrogen-bond donors (Lipinski definition) is 2. The van der Waals surface area contributed by atoms with Crippen LogP contribution in [-0.4, -0.2) is 15.7 Å². The highest BCUT2D eigenvalue weighted by Crippen LogP contribution is 2.19. The Bertz CT molecular complexity index is 567. The van der Waals surface area contributed by atoms with Gasteiger partial charge < -0.3 is 11.1 Å². The van der Waals surface area contributed by atoms with Crippen LogP contribution < -0.4 is 11.1 Å². The summed E-state index contributed by atoms with van der Waals surface area (Å²) in [6, 6.07) is 6.74. The van der Waals surface area contributed by atoms with Crippen molar-refractivity contribution in [2.75, 3.05) is 11.1 Å². The highest BCUT2D eigenvalue weighted by Gasteiger charge is 2.16. The maximum atomic E-state index is 12.0. The van der Waals surface area contributed by atoms with Crippen molar-refractivity contribution in [1.29, 1.82) is 0 Å². The Kier molecular flexibility index (Phi) is 3.66. The molecule has 1 amide bonds. The van der Waals surface area contributed by atoms with E-state index in [0.717, 1.165) is 4.47 Å². The van der Waals surface area contributed by atoms with Crippen LogP contribution in [0.4, 0.5) is 11.4 Å². The summed E-state index contributed by atoms with van der Waals surface area (Å²) in [6.45, 7) is 1.77. The van der Waals surface area contributed by atoms with E-state index in [1.807, 2.05) is 12.1 Å². The van der Waals surface area contributed by atoms with Crippen molar-refractivity contribution in [3.63, 3.8) is 0 Å². The van der Waals surface area contributed by atoms with Gasteiger partial charge in [0.1, 0.15) is 6.04 Å². The summed E-state index contributed by atoms with van der Waals surface area (Å²) in [5.41, 5.74) is 6.92. The number of nitrogens with one attached hydrogen (secondary N) is 1. The number of para-hydroxylation sites is 2. The number of benzene rings is 1. The van der Waals surface area contributed by atoms with Gasteiger partial charge in [-0.25, -0.2) is 0 Å². The van der Waals surface area contributed by atoms with Gasteiger partial charge in [0, 0.05) is 6.20 Å². The molecule has 0 aliphatic carbocycles. The Morgan fingerprint density at radius 3 is 2.83 bits per heavy atom. The van der Waals surface area contributed by atoms with E-state index in [1.165, 1.54) is 0 Å². The molecule has 18 heavy (non-hydrogen) atoms. The Hall–Kier alpha value is -1.82. The highest BCUT2D eigenvalue weighted by molar-refractivity contribution is 9.10. The molecule has 0 aliphatic rings. The Balaban J connectivity index is 2.11. The van der Waals surface area contributed by atoms with Gasteiger partial charge in [-0.1, -0.05) is 12.1 Å². The first-order valence-electron chi connectivity index (χ1n) is 5.43. The molecule has 0 bridgehead atoms. The lowest BCUT2D eigenvalue weighted by Gasteiger charge is -2.13. The standard InChI is InChI=1S/C12H13BrN4O/c1-8(17-7-9(13)6-15-17)12(18)16-11-5-3-2-4-10(11)14/h2-8H,14H2,1H3,(H,16,18). The van der Waals surface area contributed by atoms with Crippen molar-refractivity contribution in [1.82, 2.24) is 9.78 Å². The SMILES string of the molecule is CC(C(=O)Nc1ccccc1N)n1cc(Br)cn1. The largest absolute Gasteiger partial charge is 0.397 e. The number of carbonyl (C=O) groups is 1. The van der Waals surface area contributed by atoms with Crippen LogP contribution in [0, 0.1) is 0 Å². The van der Waals surface area contributed by atoms with Crippen LogP contribution in [0.15, 0.2) is 41.1 Å². The Morgan fingerprint density at radius 1 is 1.50 bits per heavy atom. The van der Waals surface area contributed by atoms with Crippen LogP contribution in [0.5, 0.6) is 0 Å². The van der Waals surface area contributed by atoms with Crippen molar-refractivity contribution in [3.05, 3.63) is 41.1 Å². The maximum Gasteiger partial charge on any atom is 0.249 e. The Morgan fingerprint density at radius 2 is 2.22 bits per heavy atom. The van der Waals surface area contributed by atoms with Crippen molar-refractivity contribution in [3.8, 4) is 0 Å². The van der Waals surface area contributed by atoms with E-state index in [4.69, 9.17) is 5.73 Å². The van der Waals surface area contributed by atoms with Crippen molar-refractivity contribution < 1.29 is 4.79 Å². The quantitative estimate of drug-likeness (QED) is 0.855. The minimum Gasteiger partial charge on any atom is -0.397 e. The van der Waals surface area contributed by atoms with Gasteiger partial charge in [0.2, 0.25) is 5.91 Å². The van der Waals surface area contributed by atoms with Crippen molar-refractivity contribution in [2.45, 2.75) is 13.0 Å².